The van der Waals surface area contributed by atoms with E-state index in [9.17, 15) is 0 Å². The van der Waals surface area contributed by atoms with Crippen molar-refractivity contribution in [2.24, 2.45) is 11.7 Å². The summed E-state index contributed by atoms with van der Waals surface area (Å²) in [5.41, 5.74) is 10.7. The third kappa shape index (κ3) is 3.25. The monoisotopic (exact) mass is 377 g/mol. The normalized spacial score (nSPS) is 23.1. The number of likely N-dealkylation sites (N-methyl/N-ethyl adjacent to an activating group) is 1. The highest BCUT2D eigenvalue weighted by atomic mass is 15.3. The Hall–Kier alpha value is -2.51. The van der Waals surface area contributed by atoms with Gasteiger partial charge in [-0.05, 0) is 50.6 Å². The SMILES string of the molecule is CN1CCN(c2ccc3ncc(-c4cnn(C5CC(CN)C5)c4)nc3c2)CC1. The van der Waals surface area contributed by atoms with E-state index in [-0.39, 0.29) is 0 Å². The molecule has 3 heterocycles. The molecule has 1 aliphatic carbocycles. The quantitative estimate of drug-likeness (QED) is 0.751. The van der Waals surface area contributed by atoms with Crippen LogP contribution in [0.2, 0.25) is 0 Å². The maximum atomic E-state index is 5.74. The van der Waals surface area contributed by atoms with Crippen molar-refractivity contribution in [1.82, 2.24) is 24.6 Å². The van der Waals surface area contributed by atoms with Crippen LogP contribution in [0.5, 0.6) is 0 Å². The molecule has 0 amide bonds. The van der Waals surface area contributed by atoms with Crippen molar-refractivity contribution >= 4 is 16.7 Å². The van der Waals surface area contributed by atoms with Crippen LogP contribution in [0.15, 0.2) is 36.8 Å². The van der Waals surface area contributed by atoms with Gasteiger partial charge in [0.15, 0.2) is 0 Å². The van der Waals surface area contributed by atoms with Gasteiger partial charge in [-0.25, -0.2) is 4.98 Å². The molecule has 2 aromatic heterocycles. The van der Waals surface area contributed by atoms with E-state index in [0.717, 1.165) is 67.9 Å². The Morgan fingerprint density at radius 3 is 2.68 bits per heavy atom. The van der Waals surface area contributed by atoms with Gasteiger partial charge in [-0.3, -0.25) is 9.67 Å². The summed E-state index contributed by atoms with van der Waals surface area (Å²) in [5.74, 6) is 0.645. The number of nitrogens with zero attached hydrogens (tertiary/aromatic N) is 6. The van der Waals surface area contributed by atoms with Crippen molar-refractivity contribution in [3.8, 4) is 11.3 Å². The van der Waals surface area contributed by atoms with Crippen molar-refractivity contribution in [2.75, 3.05) is 44.7 Å². The molecule has 2 N–H and O–H groups in total. The van der Waals surface area contributed by atoms with Crippen LogP contribution in [-0.4, -0.2) is 64.4 Å². The van der Waals surface area contributed by atoms with Crippen molar-refractivity contribution in [3.63, 3.8) is 0 Å². The first kappa shape index (κ1) is 17.6. The van der Waals surface area contributed by atoms with Gasteiger partial charge in [0.05, 0.1) is 35.2 Å². The molecule has 0 radical (unpaired) electrons. The number of anilines is 1. The van der Waals surface area contributed by atoms with Crippen LogP contribution in [0.4, 0.5) is 5.69 Å². The zero-order valence-corrected chi connectivity index (χ0v) is 16.3. The van der Waals surface area contributed by atoms with E-state index >= 15 is 0 Å². The molecule has 0 spiro atoms. The largest absolute Gasteiger partial charge is 0.369 e. The highest BCUT2D eigenvalue weighted by Gasteiger charge is 2.30. The first-order valence-electron chi connectivity index (χ1n) is 10.1. The number of hydrogen-bond acceptors (Lipinski definition) is 6. The number of fused-ring (bicyclic) bond motifs is 1. The van der Waals surface area contributed by atoms with E-state index in [4.69, 9.17) is 10.7 Å². The Bertz CT molecular complexity index is 968. The molecule has 1 aromatic carbocycles. The lowest BCUT2D eigenvalue weighted by Gasteiger charge is -2.34. The number of hydrogen-bond donors (Lipinski definition) is 1. The maximum Gasteiger partial charge on any atom is 0.0924 e. The van der Waals surface area contributed by atoms with E-state index < -0.39 is 0 Å². The summed E-state index contributed by atoms with van der Waals surface area (Å²) < 4.78 is 2.06. The second-order valence-electron chi connectivity index (χ2n) is 8.15. The molecule has 7 nitrogen and oxygen atoms in total. The Morgan fingerprint density at radius 2 is 1.89 bits per heavy atom. The van der Waals surface area contributed by atoms with Crippen LogP contribution in [0.25, 0.3) is 22.3 Å². The first-order valence-corrected chi connectivity index (χ1v) is 10.1. The average molecular weight is 377 g/mol. The van der Waals surface area contributed by atoms with Crippen LogP contribution in [0.1, 0.15) is 18.9 Å². The second-order valence-corrected chi connectivity index (χ2v) is 8.15. The third-order valence-corrected chi connectivity index (χ3v) is 6.21. The van der Waals surface area contributed by atoms with Gasteiger partial charge >= 0.3 is 0 Å². The van der Waals surface area contributed by atoms with Crippen molar-refractivity contribution < 1.29 is 0 Å². The lowest BCUT2D eigenvalue weighted by Crippen LogP contribution is -2.44. The lowest BCUT2D eigenvalue weighted by molar-refractivity contribution is 0.190. The summed E-state index contributed by atoms with van der Waals surface area (Å²) in [5, 5.41) is 4.56. The van der Waals surface area contributed by atoms with E-state index in [1.54, 1.807) is 0 Å². The predicted molar refractivity (Wildman–Crippen MR) is 111 cm³/mol. The smallest absolute Gasteiger partial charge is 0.0924 e. The fourth-order valence-corrected chi connectivity index (χ4v) is 4.18. The summed E-state index contributed by atoms with van der Waals surface area (Å²) in [6.45, 7) is 5.06. The molecule has 0 bridgehead atoms. The Kier molecular flexibility index (Phi) is 4.49. The molecule has 1 saturated carbocycles. The molecule has 28 heavy (non-hydrogen) atoms. The third-order valence-electron chi connectivity index (χ3n) is 6.21. The van der Waals surface area contributed by atoms with Gasteiger partial charge in [-0.2, -0.15) is 5.10 Å². The molecule has 5 rings (SSSR count). The minimum atomic E-state index is 0.472. The summed E-state index contributed by atoms with van der Waals surface area (Å²) in [6.07, 6.45) is 8.08. The van der Waals surface area contributed by atoms with Crippen molar-refractivity contribution in [3.05, 3.63) is 36.8 Å². The summed E-state index contributed by atoms with van der Waals surface area (Å²) in [4.78, 5) is 14.3. The van der Waals surface area contributed by atoms with E-state index in [1.165, 1.54) is 5.69 Å². The lowest BCUT2D eigenvalue weighted by atomic mass is 9.80. The highest BCUT2D eigenvalue weighted by molar-refractivity contribution is 5.81. The number of rotatable bonds is 4. The molecule has 1 aliphatic heterocycles. The molecule has 146 valence electrons. The molecule has 2 aliphatic rings. The number of piperazine rings is 1. The Labute approximate surface area is 165 Å². The second kappa shape index (κ2) is 7.14. The predicted octanol–water partition coefficient (Wildman–Crippen LogP) is 2.15. The standard InChI is InChI=1S/C21H27N7/c1-26-4-6-27(7-5-26)17-2-3-19-20(10-17)25-21(13-23-19)16-12-24-28(14-16)18-8-15(9-18)11-22/h2-3,10,12-15,18H,4-9,11,22H2,1H3. The maximum absolute atomic E-state index is 5.74. The molecular formula is C21H27N7. The number of aromatic nitrogens is 4. The van der Waals surface area contributed by atoms with Gasteiger partial charge in [0.2, 0.25) is 0 Å². The van der Waals surface area contributed by atoms with Gasteiger partial charge in [-0.15, -0.1) is 0 Å². The average Bonchev–Trinajstić information content (AvgIpc) is 3.17. The van der Waals surface area contributed by atoms with Gasteiger partial charge in [-0.1, -0.05) is 0 Å². The molecule has 2 fully saturated rings. The van der Waals surface area contributed by atoms with Crippen molar-refractivity contribution in [2.45, 2.75) is 18.9 Å². The topological polar surface area (TPSA) is 76.1 Å². The summed E-state index contributed by atoms with van der Waals surface area (Å²) in [6, 6.07) is 6.87. The minimum Gasteiger partial charge on any atom is -0.369 e. The molecular weight excluding hydrogens is 350 g/mol. The fraction of sp³-hybridized carbons (Fsp3) is 0.476. The van der Waals surface area contributed by atoms with Gasteiger partial charge in [0.25, 0.3) is 0 Å². The minimum absolute atomic E-state index is 0.472. The Morgan fingerprint density at radius 1 is 1.07 bits per heavy atom. The zero-order chi connectivity index (χ0) is 19.1. The highest BCUT2D eigenvalue weighted by Crippen LogP contribution is 2.37. The van der Waals surface area contributed by atoms with Gasteiger partial charge < -0.3 is 15.5 Å². The fourth-order valence-electron chi connectivity index (χ4n) is 4.18. The van der Waals surface area contributed by atoms with Crippen LogP contribution >= 0.6 is 0 Å². The summed E-state index contributed by atoms with van der Waals surface area (Å²) >= 11 is 0. The molecule has 0 unspecified atom stereocenters. The Balaban J connectivity index is 1.39. The van der Waals surface area contributed by atoms with Gasteiger partial charge in [0, 0.05) is 43.6 Å². The van der Waals surface area contributed by atoms with E-state index in [2.05, 4.69) is 56.0 Å². The number of nitrogens with two attached hydrogens (primary N) is 1. The van der Waals surface area contributed by atoms with Crippen LogP contribution in [0, 0.1) is 5.92 Å². The van der Waals surface area contributed by atoms with Gasteiger partial charge in [0.1, 0.15) is 0 Å². The van der Waals surface area contributed by atoms with E-state index in [0.29, 0.717) is 12.0 Å². The molecule has 7 heteroatoms. The summed E-state index contributed by atoms with van der Waals surface area (Å²) in [7, 11) is 2.18. The first-order chi connectivity index (χ1) is 13.7. The van der Waals surface area contributed by atoms with Crippen LogP contribution in [-0.2, 0) is 0 Å². The van der Waals surface area contributed by atoms with Crippen molar-refractivity contribution in [1.29, 1.82) is 0 Å². The molecule has 0 atom stereocenters. The number of benzene rings is 1. The molecule has 1 saturated heterocycles. The van der Waals surface area contributed by atoms with E-state index in [1.807, 2.05) is 12.4 Å². The van der Waals surface area contributed by atoms with Crippen LogP contribution in [0.3, 0.4) is 0 Å². The molecule has 3 aromatic rings. The van der Waals surface area contributed by atoms with Crippen LogP contribution < -0.4 is 10.6 Å². The zero-order valence-electron chi connectivity index (χ0n) is 16.3.